The van der Waals surface area contributed by atoms with Crippen LogP contribution in [0.15, 0.2) is 60.7 Å². The normalized spacial score (nSPS) is 11.2. The molecular formula is C13H12BF3O5S. The predicted octanol–water partition coefficient (Wildman–Crippen LogP) is 1.28. The summed E-state index contributed by atoms with van der Waals surface area (Å²) in [5, 5.41) is 17.2. The van der Waals surface area contributed by atoms with Crippen LogP contribution in [0, 0.1) is 0 Å². The molecule has 5 nitrogen and oxygen atoms in total. The van der Waals surface area contributed by atoms with Crippen LogP contribution in [-0.2, 0) is 10.1 Å². The SMILES string of the molecule is O=S(=O)(Oc1ccccc1)C(F)(F)F.OB(O)c1ccccc1. The molecule has 2 N–H and O–H groups in total. The van der Waals surface area contributed by atoms with Crippen molar-refractivity contribution < 1.29 is 35.8 Å². The van der Waals surface area contributed by atoms with Crippen LogP contribution in [0.5, 0.6) is 5.75 Å². The van der Waals surface area contributed by atoms with Crippen molar-refractivity contribution >= 4 is 22.7 Å². The Kier molecular flexibility index (Phi) is 6.61. The number of alkyl halides is 3. The molecule has 0 aliphatic carbocycles. The molecule has 0 unspecified atom stereocenters. The van der Waals surface area contributed by atoms with Crippen molar-refractivity contribution in [2.45, 2.75) is 5.51 Å². The minimum atomic E-state index is -5.55. The van der Waals surface area contributed by atoms with Crippen molar-refractivity contribution in [2.24, 2.45) is 0 Å². The molecule has 0 aromatic heterocycles. The first-order chi connectivity index (χ1) is 10.6. The highest BCUT2D eigenvalue weighted by molar-refractivity contribution is 7.88. The minimum Gasteiger partial charge on any atom is -0.423 e. The van der Waals surface area contributed by atoms with Crippen LogP contribution < -0.4 is 9.65 Å². The molecule has 0 fully saturated rings. The Hall–Kier alpha value is -2.04. The maximum absolute atomic E-state index is 11.8. The van der Waals surface area contributed by atoms with Gasteiger partial charge in [-0.2, -0.15) is 21.6 Å². The molecule has 0 heterocycles. The molecule has 0 aliphatic heterocycles. The van der Waals surface area contributed by atoms with E-state index in [4.69, 9.17) is 10.0 Å². The van der Waals surface area contributed by atoms with Gasteiger partial charge in [-0.3, -0.25) is 0 Å². The third kappa shape index (κ3) is 6.31. The summed E-state index contributed by atoms with van der Waals surface area (Å²) >= 11 is 0. The lowest BCUT2D eigenvalue weighted by atomic mass is 9.81. The van der Waals surface area contributed by atoms with E-state index in [1.165, 1.54) is 18.2 Å². The van der Waals surface area contributed by atoms with Gasteiger partial charge in [0.1, 0.15) is 5.75 Å². The lowest BCUT2D eigenvalue weighted by Gasteiger charge is -2.08. The molecule has 0 radical (unpaired) electrons. The van der Waals surface area contributed by atoms with E-state index >= 15 is 0 Å². The van der Waals surface area contributed by atoms with Crippen molar-refractivity contribution in [1.82, 2.24) is 0 Å². The van der Waals surface area contributed by atoms with Crippen LogP contribution in [0.25, 0.3) is 0 Å². The number of hydrogen-bond donors (Lipinski definition) is 2. The first kappa shape index (κ1) is 19.0. The highest BCUT2D eigenvalue weighted by Gasteiger charge is 2.48. The van der Waals surface area contributed by atoms with Gasteiger partial charge in [-0.1, -0.05) is 48.5 Å². The number of benzene rings is 2. The summed E-state index contributed by atoms with van der Waals surface area (Å²) in [7, 11) is -6.89. The molecular weight excluding hydrogens is 336 g/mol. The quantitative estimate of drug-likeness (QED) is 0.496. The fraction of sp³-hybridized carbons (Fsp3) is 0.0769. The second-order valence-electron chi connectivity index (χ2n) is 4.08. The summed E-state index contributed by atoms with van der Waals surface area (Å²) < 4.78 is 60.2. The minimum absolute atomic E-state index is 0.371. The van der Waals surface area contributed by atoms with Gasteiger partial charge in [0.2, 0.25) is 0 Å². The summed E-state index contributed by atoms with van der Waals surface area (Å²) in [6.07, 6.45) is 0. The summed E-state index contributed by atoms with van der Waals surface area (Å²) in [4.78, 5) is 0. The van der Waals surface area contributed by atoms with E-state index in [2.05, 4.69) is 4.18 Å². The van der Waals surface area contributed by atoms with Crippen LogP contribution >= 0.6 is 0 Å². The number of rotatable bonds is 3. The van der Waals surface area contributed by atoms with Crippen molar-refractivity contribution in [2.75, 3.05) is 0 Å². The van der Waals surface area contributed by atoms with Gasteiger partial charge in [0, 0.05) is 0 Å². The number of halogens is 3. The molecule has 2 aromatic rings. The molecule has 0 bridgehead atoms. The van der Waals surface area contributed by atoms with Crippen LogP contribution in [0.1, 0.15) is 0 Å². The van der Waals surface area contributed by atoms with Gasteiger partial charge >= 0.3 is 22.7 Å². The molecule has 0 saturated carbocycles. The van der Waals surface area contributed by atoms with E-state index in [1.807, 2.05) is 6.07 Å². The van der Waals surface area contributed by atoms with Gasteiger partial charge in [0.25, 0.3) is 0 Å². The van der Waals surface area contributed by atoms with E-state index < -0.39 is 22.7 Å². The first-order valence-corrected chi connectivity index (χ1v) is 7.51. The lowest BCUT2D eigenvalue weighted by Crippen LogP contribution is -2.29. The molecule has 0 saturated heterocycles. The molecule has 0 amide bonds. The average Bonchev–Trinajstić information content (AvgIpc) is 2.48. The Morgan fingerprint density at radius 3 is 1.65 bits per heavy atom. The maximum Gasteiger partial charge on any atom is 0.534 e. The monoisotopic (exact) mass is 348 g/mol. The Bertz CT molecular complexity index is 691. The fourth-order valence-corrected chi connectivity index (χ4v) is 1.73. The summed E-state index contributed by atoms with van der Waals surface area (Å²) in [5.74, 6) is -0.371. The molecule has 0 aliphatic rings. The summed E-state index contributed by atoms with van der Waals surface area (Å²) in [6, 6.07) is 15.1. The van der Waals surface area contributed by atoms with Crippen molar-refractivity contribution in [3.63, 3.8) is 0 Å². The van der Waals surface area contributed by atoms with E-state index in [0.717, 1.165) is 12.1 Å². The van der Waals surface area contributed by atoms with Crippen LogP contribution in [0.2, 0.25) is 0 Å². The predicted molar refractivity (Wildman–Crippen MR) is 78.3 cm³/mol. The van der Waals surface area contributed by atoms with Crippen LogP contribution in [-0.4, -0.2) is 31.1 Å². The molecule has 2 aromatic carbocycles. The Morgan fingerprint density at radius 1 is 0.870 bits per heavy atom. The smallest absolute Gasteiger partial charge is 0.423 e. The second kappa shape index (κ2) is 8.00. The highest BCUT2D eigenvalue weighted by Crippen LogP contribution is 2.26. The van der Waals surface area contributed by atoms with Crippen molar-refractivity contribution in [3.8, 4) is 5.75 Å². The largest absolute Gasteiger partial charge is 0.534 e. The Balaban J connectivity index is 0.000000253. The summed E-state index contributed by atoms with van der Waals surface area (Å²) in [6.45, 7) is 0. The topological polar surface area (TPSA) is 83.8 Å². The zero-order valence-corrected chi connectivity index (χ0v) is 12.3. The van der Waals surface area contributed by atoms with E-state index in [0.29, 0.717) is 5.46 Å². The Morgan fingerprint density at radius 2 is 1.30 bits per heavy atom. The molecule has 124 valence electrons. The fourth-order valence-electron chi connectivity index (χ4n) is 1.28. The van der Waals surface area contributed by atoms with E-state index in [-0.39, 0.29) is 5.75 Å². The zero-order valence-electron chi connectivity index (χ0n) is 11.5. The van der Waals surface area contributed by atoms with Gasteiger partial charge in [0.15, 0.2) is 0 Å². The van der Waals surface area contributed by atoms with Gasteiger partial charge in [-0.25, -0.2) is 0 Å². The lowest BCUT2D eigenvalue weighted by molar-refractivity contribution is -0.0500. The van der Waals surface area contributed by atoms with Crippen molar-refractivity contribution in [3.05, 3.63) is 60.7 Å². The van der Waals surface area contributed by atoms with Gasteiger partial charge in [-0.15, -0.1) is 0 Å². The third-order valence-electron chi connectivity index (χ3n) is 2.33. The first-order valence-electron chi connectivity index (χ1n) is 6.10. The standard InChI is InChI=1S/C7H5F3O3S.C6H7BO2/c8-7(9,10)14(11,12)13-6-4-2-1-3-5-6;8-7(9)6-4-2-1-3-5-6/h1-5H;1-5,8-9H. The van der Waals surface area contributed by atoms with Crippen LogP contribution in [0.4, 0.5) is 13.2 Å². The molecule has 2 rings (SSSR count). The maximum atomic E-state index is 11.8. The van der Waals surface area contributed by atoms with Crippen LogP contribution in [0.3, 0.4) is 0 Å². The highest BCUT2D eigenvalue weighted by atomic mass is 32.2. The van der Waals surface area contributed by atoms with Crippen molar-refractivity contribution in [1.29, 1.82) is 0 Å². The van der Waals surface area contributed by atoms with E-state index in [1.54, 1.807) is 24.3 Å². The zero-order chi connectivity index (χ0) is 17.5. The second-order valence-corrected chi connectivity index (χ2v) is 5.62. The van der Waals surface area contributed by atoms with E-state index in [9.17, 15) is 21.6 Å². The molecule has 23 heavy (non-hydrogen) atoms. The van der Waals surface area contributed by atoms with Gasteiger partial charge in [-0.05, 0) is 17.6 Å². The van der Waals surface area contributed by atoms with Gasteiger partial charge < -0.3 is 14.2 Å². The summed E-state index contributed by atoms with van der Waals surface area (Å²) in [5.41, 5.74) is -4.87. The Labute approximate surface area is 131 Å². The van der Waals surface area contributed by atoms with Gasteiger partial charge in [0.05, 0.1) is 0 Å². The number of para-hydroxylation sites is 1. The third-order valence-corrected chi connectivity index (χ3v) is 3.31. The average molecular weight is 348 g/mol. The number of hydrogen-bond acceptors (Lipinski definition) is 5. The molecule has 0 spiro atoms. The molecule has 10 heteroatoms. The molecule has 0 atom stereocenters.